The van der Waals surface area contributed by atoms with Gasteiger partial charge in [-0.15, -0.1) is 0 Å². The molecule has 0 aromatic heterocycles. The quantitative estimate of drug-likeness (QED) is 0.757. The molecule has 2 aliphatic rings. The molecule has 127 valence electrons. The summed E-state index contributed by atoms with van der Waals surface area (Å²) in [4.78, 5) is 23.7. The Bertz CT molecular complexity index is 801. The number of fused-ring (bicyclic) bond motifs is 3. The zero-order valence-electron chi connectivity index (χ0n) is 13.4. The Kier molecular flexibility index (Phi) is 4.14. The molecule has 25 heavy (non-hydrogen) atoms. The molecule has 2 N–H and O–H groups in total. The molecule has 0 bridgehead atoms. The number of rotatable bonds is 5. The van der Waals surface area contributed by atoms with E-state index >= 15 is 0 Å². The van der Waals surface area contributed by atoms with Gasteiger partial charge >= 0.3 is 152 Å². The van der Waals surface area contributed by atoms with Crippen molar-refractivity contribution in [2.24, 2.45) is 0 Å². The molecule has 1 aliphatic carbocycles. The minimum atomic E-state index is -1.06. The first-order chi connectivity index (χ1) is 12.1. The molecule has 0 amide bonds. The molecular weight excluding hydrogens is 381 g/mol. The summed E-state index contributed by atoms with van der Waals surface area (Å²) in [5.41, 5.74) is 4.67. The summed E-state index contributed by atoms with van der Waals surface area (Å²) in [6, 6.07) is 16.3. The Morgan fingerprint density at radius 1 is 1.08 bits per heavy atom. The van der Waals surface area contributed by atoms with Crippen molar-refractivity contribution in [3.8, 4) is 11.1 Å². The van der Waals surface area contributed by atoms with Crippen LogP contribution in [0.1, 0.15) is 17.0 Å². The van der Waals surface area contributed by atoms with Crippen LogP contribution in [0.5, 0.6) is 0 Å². The fourth-order valence-electron chi connectivity index (χ4n) is 3.44. The van der Waals surface area contributed by atoms with Crippen molar-refractivity contribution in [3.05, 3.63) is 59.7 Å². The van der Waals surface area contributed by atoms with Crippen LogP contribution >= 0.6 is 0 Å². The van der Waals surface area contributed by atoms with Gasteiger partial charge in [0.2, 0.25) is 0 Å². The van der Waals surface area contributed by atoms with Crippen molar-refractivity contribution in [1.82, 2.24) is 5.32 Å². The molecule has 2 aromatic rings. The van der Waals surface area contributed by atoms with E-state index in [1.54, 1.807) is 0 Å². The number of ether oxygens (including phenoxy) is 1. The zero-order chi connectivity index (χ0) is 17.4. The van der Waals surface area contributed by atoms with Gasteiger partial charge < -0.3 is 0 Å². The molecule has 0 saturated carbocycles. The molecule has 0 unspecified atom stereocenters. The van der Waals surface area contributed by atoms with Crippen LogP contribution in [0.25, 0.3) is 11.1 Å². The molecule has 1 heterocycles. The summed E-state index contributed by atoms with van der Waals surface area (Å²) in [6.45, 7) is 0.963. The van der Waals surface area contributed by atoms with E-state index in [0.717, 1.165) is 11.1 Å². The monoisotopic (exact) mass is 398 g/mol. The number of hydrogen-bond acceptors (Lipinski definition) is 4. The normalized spacial score (nSPS) is 17.8. The second-order valence-electron chi connectivity index (χ2n) is 6.36. The van der Waals surface area contributed by atoms with Crippen LogP contribution < -0.4 is 5.32 Å². The van der Waals surface area contributed by atoms with Gasteiger partial charge in [-0.2, -0.15) is 0 Å². The zero-order valence-corrected chi connectivity index (χ0v) is 15.3. The van der Waals surface area contributed by atoms with E-state index in [-0.39, 0.29) is 17.3 Å². The van der Waals surface area contributed by atoms with E-state index in [4.69, 9.17) is 4.74 Å². The van der Waals surface area contributed by atoms with Crippen molar-refractivity contribution < 1.29 is 19.4 Å². The van der Waals surface area contributed by atoms with Crippen molar-refractivity contribution in [2.75, 3.05) is 19.7 Å². The molecule has 5 nitrogen and oxygen atoms in total. The molecule has 1 fully saturated rings. The predicted octanol–water partition coefficient (Wildman–Crippen LogP) is 2.49. The van der Waals surface area contributed by atoms with Gasteiger partial charge in [-0.05, 0) is 0 Å². The van der Waals surface area contributed by atoms with E-state index < -0.39 is 25.9 Å². The first-order valence-electron chi connectivity index (χ1n) is 8.13. The third kappa shape index (κ3) is 2.77. The Hall–Kier alpha value is -2.10. The summed E-state index contributed by atoms with van der Waals surface area (Å²) >= 11 is -1.06. The second-order valence-corrected chi connectivity index (χ2v) is 9.39. The van der Waals surface area contributed by atoms with Crippen LogP contribution in [-0.4, -0.2) is 51.3 Å². The summed E-state index contributed by atoms with van der Waals surface area (Å²) in [5.74, 6) is -0.891. The first-order valence-corrected chi connectivity index (χ1v) is 10.0. The van der Waals surface area contributed by atoms with Crippen molar-refractivity contribution in [3.63, 3.8) is 0 Å². The molecule has 1 saturated heterocycles. The number of nitrogens with one attached hydrogen (secondary N) is 1. The van der Waals surface area contributed by atoms with Crippen molar-refractivity contribution >= 4 is 26.5 Å². The van der Waals surface area contributed by atoms with Gasteiger partial charge in [-0.1, -0.05) is 0 Å². The standard InChI is InChI=1S/C19H17AsNO4/c22-17(23)19(10-21-11-19)20-18(24)25-9-16-14-7-3-1-5-12(14)13-6-2-4-8-15(13)16/h1-8,16,21H,9-11H2,(H,22,23). The third-order valence-corrected chi connectivity index (χ3v) is 7.49. The molecule has 4 rings (SSSR count). The number of carboxylic acids is 1. The van der Waals surface area contributed by atoms with Gasteiger partial charge in [0, 0.05) is 0 Å². The average molecular weight is 398 g/mol. The van der Waals surface area contributed by atoms with Crippen LogP contribution in [0.2, 0.25) is 4.20 Å². The fraction of sp³-hybridized carbons (Fsp3) is 0.263. The van der Waals surface area contributed by atoms with Crippen LogP contribution in [-0.2, 0) is 9.53 Å². The summed E-state index contributed by atoms with van der Waals surface area (Å²) in [7, 11) is 0. The van der Waals surface area contributed by atoms with Crippen LogP contribution in [0.4, 0.5) is 4.79 Å². The molecule has 0 atom stereocenters. The van der Waals surface area contributed by atoms with Crippen molar-refractivity contribution in [1.29, 1.82) is 0 Å². The molecule has 0 spiro atoms. The van der Waals surface area contributed by atoms with Crippen LogP contribution in [0.3, 0.4) is 0 Å². The SMILES string of the molecule is O=C(OCC1c2ccccc2-c2ccccc21)[As]C1(C(=O)O)CNC1. The molecular formula is C19H17AsNO4. The molecule has 6 heteroatoms. The second kappa shape index (κ2) is 6.32. The van der Waals surface area contributed by atoms with Crippen molar-refractivity contribution in [2.45, 2.75) is 10.1 Å². The number of hydrogen-bond donors (Lipinski definition) is 2. The third-order valence-electron chi connectivity index (χ3n) is 4.87. The number of carbonyl (C=O) groups is 2. The summed E-state index contributed by atoms with van der Waals surface area (Å²) in [6.07, 6.45) is 0. The van der Waals surface area contributed by atoms with Gasteiger partial charge in [0.25, 0.3) is 0 Å². The fourth-order valence-corrected chi connectivity index (χ4v) is 5.47. The van der Waals surface area contributed by atoms with E-state index in [9.17, 15) is 14.7 Å². The first kappa shape index (κ1) is 16.4. The average Bonchev–Trinajstić information content (AvgIpc) is 2.90. The van der Waals surface area contributed by atoms with E-state index in [1.807, 2.05) is 24.3 Å². The maximum atomic E-state index is 12.3. The molecule has 1 aliphatic heterocycles. The maximum absolute atomic E-state index is 12.3. The van der Waals surface area contributed by atoms with Crippen LogP contribution in [0, 0.1) is 0 Å². The summed E-state index contributed by atoms with van der Waals surface area (Å²) < 4.78 is 4.26. The van der Waals surface area contributed by atoms with Gasteiger partial charge in [0.15, 0.2) is 0 Å². The van der Waals surface area contributed by atoms with Gasteiger partial charge in [0.05, 0.1) is 0 Å². The number of benzene rings is 2. The van der Waals surface area contributed by atoms with Crippen LogP contribution in [0.15, 0.2) is 48.5 Å². The molecule has 1 radical (unpaired) electrons. The minimum absolute atomic E-state index is 0.0119. The number of carbonyl (C=O) groups excluding carboxylic acids is 1. The van der Waals surface area contributed by atoms with Gasteiger partial charge in [-0.25, -0.2) is 0 Å². The van der Waals surface area contributed by atoms with Gasteiger partial charge in [-0.3, -0.25) is 0 Å². The summed E-state index contributed by atoms with van der Waals surface area (Å²) in [5, 5.41) is 12.3. The molecule has 2 aromatic carbocycles. The predicted molar refractivity (Wildman–Crippen MR) is 94.0 cm³/mol. The van der Waals surface area contributed by atoms with E-state index in [2.05, 4.69) is 29.6 Å². The Morgan fingerprint density at radius 2 is 1.64 bits per heavy atom. The number of aliphatic carboxylic acids is 1. The Morgan fingerprint density at radius 3 is 2.12 bits per heavy atom. The van der Waals surface area contributed by atoms with E-state index in [0.29, 0.717) is 13.1 Å². The number of carboxylic acid groups (broad SMARTS) is 1. The topological polar surface area (TPSA) is 75.6 Å². The van der Waals surface area contributed by atoms with E-state index in [1.165, 1.54) is 11.1 Å². The Balaban J connectivity index is 1.50. The van der Waals surface area contributed by atoms with Gasteiger partial charge in [0.1, 0.15) is 0 Å². The Labute approximate surface area is 152 Å².